The Morgan fingerprint density at radius 1 is 1.36 bits per heavy atom. The fourth-order valence-corrected chi connectivity index (χ4v) is 2.16. The number of nitrogens with one attached hydrogen (secondary N) is 1. The first kappa shape index (κ1) is 16.2. The van der Waals surface area contributed by atoms with E-state index in [0.29, 0.717) is 5.82 Å². The predicted octanol–water partition coefficient (Wildman–Crippen LogP) is 1.45. The lowest BCUT2D eigenvalue weighted by Gasteiger charge is -2.28. The maximum atomic E-state index is 12.3. The maximum absolute atomic E-state index is 12.3. The van der Waals surface area contributed by atoms with E-state index >= 15 is 0 Å². The molecular formula is C15H23N5O2. The second-order valence-electron chi connectivity index (χ2n) is 5.80. The van der Waals surface area contributed by atoms with E-state index in [4.69, 9.17) is 0 Å². The van der Waals surface area contributed by atoms with E-state index in [1.165, 1.54) is 4.90 Å². The standard InChI is InChI=1S/C15H23N5O2/c1-10(2)13(16-15(22)19(4)11(3)9-21)14-18-17-12-7-5-6-8-20(12)14/h5-8,10-11,13,21H,9H2,1-4H3,(H,16,22). The van der Waals surface area contributed by atoms with Crippen LogP contribution < -0.4 is 5.32 Å². The number of carbonyl (C=O) groups is 1. The van der Waals surface area contributed by atoms with Gasteiger partial charge in [-0.2, -0.15) is 0 Å². The average Bonchev–Trinajstić information content (AvgIpc) is 2.94. The Labute approximate surface area is 130 Å². The fraction of sp³-hybridized carbons (Fsp3) is 0.533. The summed E-state index contributed by atoms with van der Waals surface area (Å²) >= 11 is 0. The normalized spacial score (nSPS) is 14.1. The van der Waals surface area contributed by atoms with Gasteiger partial charge in [0.05, 0.1) is 18.7 Å². The number of urea groups is 1. The number of hydrogen-bond acceptors (Lipinski definition) is 4. The molecular weight excluding hydrogens is 282 g/mol. The van der Waals surface area contributed by atoms with Crippen molar-refractivity contribution in [2.45, 2.75) is 32.9 Å². The minimum atomic E-state index is -0.266. The molecule has 0 saturated carbocycles. The second-order valence-corrected chi connectivity index (χ2v) is 5.80. The van der Waals surface area contributed by atoms with Crippen LogP contribution in [0, 0.1) is 5.92 Å². The number of aliphatic hydroxyl groups excluding tert-OH is 1. The van der Waals surface area contributed by atoms with Crippen molar-refractivity contribution in [3.63, 3.8) is 0 Å². The molecule has 2 unspecified atom stereocenters. The molecule has 22 heavy (non-hydrogen) atoms. The van der Waals surface area contributed by atoms with E-state index in [1.807, 2.05) is 42.6 Å². The third kappa shape index (κ3) is 3.19. The van der Waals surface area contributed by atoms with E-state index in [0.717, 1.165) is 5.65 Å². The predicted molar refractivity (Wildman–Crippen MR) is 83.4 cm³/mol. The number of carbonyl (C=O) groups excluding carboxylic acids is 1. The van der Waals surface area contributed by atoms with Crippen LogP contribution in [0.4, 0.5) is 4.79 Å². The van der Waals surface area contributed by atoms with E-state index in [2.05, 4.69) is 15.5 Å². The molecule has 0 aliphatic heterocycles. The highest BCUT2D eigenvalue weighted by Crippen LogP contribution is 2.21. The summed E-state index contributed by atoms with van der Waals surface area (Å²) in [7, 11) is 1.66. The van der Waals surface area contributed by atoms with Crippen LogP contribution in [0.1, 0.15) is 32.6 Å². The number of fused-ring (bicyclic) bond motifs is 1. The number of nitrogens with zero attached hydrogens (tertiary/aromatic N) is 4. The zero-order valence-electron chi connectivity index (χ0n) is 13.4. The van der Waals surface area contributed by atoms with Crippen molar-refractivity contribution in [3.05, 3.63) is 30.2 Å². The summed E-state index contributed by atoms with van der Waals surface area (Å²) in [6.07, 6.45) is 1.88. The molecule has 7 heteroatoms. The fourth-order valence-electron chi connectivity index (χ4n) is 2.16. The Morgan fingerprint density at radius 3 is 2.73 bits per heavy atom. The first-order chi connectivity index (χ1) is 10.5. The van der Waals surface area contributed by atoms with Gasteiger partial charge in [-0.05, 0) is 25.0 Å². The minimum absolute atomic E-state index is 0.0792. The van der Waals surface area contributed by atoms with Crippen LogP contribution in [0.5, 0.6) is 0 Å². The molecule has 0 aliphatic rings. The number of aliphatic hydroxyl groups is 1. The molecule has 7 nitrogen and oxygen atoms in total. The van der Waals surface area contributed by atoms with Gasteiger partial charge in [-0.1, -0.05) is 19.9 Å². The van der Waals surface area contributed by atoms with E-state index < -0.39 is 0 Å². The van der Waals surface area contributed by atoms with E-state index in [-0.39, 0.29) is 30.6 Å². The molecule has 2 heterocycles. The summed E-state index contributed by atoms with van der Waals surface area (Å²) in [6, 6.07) is 4.91. The molecule has 0 spiro atoms. The second kappa shape index (κ2) is 6.74. The molecule has 0 bridgehead atoms. The molecule has 0 saturated heterocycles. The highest BCUT2D eigenvalue weighted by Gasteiger charge is 2.26. The molecule has 0 fully saturated rings. The van der Waals surface area contributed by atoms with Crippen molar-refractivity contribution in [2.75, 3.05) is 13.7 Å². The summed E-state index contributed by atoms with van der Waals surface area (Å²) in [6.45, 7) is 5.75. The number of pyridine rings is 1. The van der Waals surface area contributed by atoms with Gasteiger partial charge in [0.1, 0.15) is 0 Å². The molecule has 2 rings (SSSR count). The smallest absolute Gasteiger partial charge is 0.318 e. The summed E-state index contributed by atoms with van der Waals surface area (Å²) in [4.78, 5) is 13.8. The minimum Gasteiger partial charge on any atom is -0.394 e. The average molecular weight is 305 g/mol. The Hall–Kier alpha value is -2.15. The van der Waals surface area contributed by atoms with Crippen LogP contribution in [0.2, 0.25) is 0 Å². The quantitative estimate of drug-likeness (QED) is 0.876. The Morgan fingerprint density at radius 2 is 2.09 bits per heavy atom. The first-order valence-corrected chi connectivity index (χ1v) is 7.39. The Balaban J connectivity index is 2.26. The van der Waals surface area contributed by atoms with E-state index in [1.54, 1.807) is 14.0 Å². The van der Waals surface area contributed by atoms with E-state index in [9.17, 15) is 9.90 Å². The van der Waals surface area contributed by atoms with Gasteiger partial charge in [0, 0.05) is 13.2 Å². The first-order valence-electron chi connectivity index (χ1n) is 7.39. The van der Waals surface area contributed by atoms with Gasteiger partial charge in [0.25, 0.3) is 0 Å². The molecule has 2 N–H and O–H groups in total. The molecule has 0 aliphatic carbocycles. The van der Waals surface area contributed by atoms with Gasteiger partial charge in [-0.3, -0.25) is 4.40 Å². The van der Waals surface area contributed by atoms with Crippen LogP contribution in [-0.4, -0.2) is 50.3 Å². The lowest BCUT2D eigenvalue weighted by molar-refractivity contribution is 0.152. The van der Waals surface area contributed by atoms with Gasteiger partial charge >= 0.3 is 6.03 Å². The van der Waals surface area contributed by atoms with Gasteiger partial charge < -0.3 is 15.3 Å². The van der Waals surface area contributed by atoms with Crippen molar-refractivity contribution in [1.29, 1.82) is 0 Å². The lowest BCUT2D eigenvalue weighted by Crippen LogP contribution is -2.46. The molecule has 2 aromatic rings. The number of aromatic nitrogens is 3. The topological polar surface area (TPSA) is 82.8 Å². The summed E-state index contributed by atoms with van der Waals surface area (Å²) in [5.41, 5.74) is 0.745. The molecule has 120 valence electrons. The summed E-state index contributed by atoms with van der Waals surface area (Å²) < 4.78 is 1.88. The molecule has 0 aromatic carbocycles. The lowest BCUT2D eigenvalue weighted by atomic mass is 10.0. The van der Waals surface area contributed by atoms with Gasteiger partial charge in [0.2, 0.25) is 0 Å². The third-order valence-electron chi connectivity index (χ3n) is 3.81. The Kier molecular flexibility index (Phi) is 4.97. The monoisotopic (exact) mass is 305 g/mol. The summed E-state index contributed by atoms with van der Waals surface area (Å²) in [5, 5.41) is 20.5. The number of rotatable bonds is 5. The van der Waals surface area contributed by atoms with Crippen molar-refractivity contribution in [1.82, 2.24) is 24.8 Å². The van der Waals surface area contributed by atoms with Gasteiger partial charge in [-0.15, -0.1) is 10.2 Å². The van der Waals surface area contributed by atoms with Crippen LogP contribution in [0.25, 0.3) is 5.65 Å². The largest absolute Gasteiger partial charge is 0.394 e. The van der Waals surface area contributed by atoms with Crippen LogP contribution in [0.15, 0.2) is 24.4 Å². The van der Waals surface area contributed by atoms with Crippen molar-refractivity contribution >= 4 is 11.7 Å². The SMILES string of the molecule is CC(C)C(NC(=O)N(C)C(C)CO)c1nnc2ccccn12. The van der Waals surface area contributed by atoms with Crippen molar-refractivity contribution in [3.8, 4) is 0 Å². The number of hydrogen-bond donors (Lipinski definition) is 2. The van der Waals surface area contributed by atoms with Crippen LogP contribution in [0.3, 0.4) is 0 Å². The summed E-state index contributed by atoms with van der Waals surface area (Å²) in [5.74, 6) is 0.846. The number of likely N-dealkylation sites (N-methyl/N-ethyl adjacent to an activating group) is 1. The highest BCUT2D eigenvalue weighted by molar-refractivity contribution is 5.74. The Bertz CT molecular complexity index is 640. The molecule has 2 aromatic heterocycles. The van der Waals surface area contributed by atoms with Crippen LogP contribution in [-0.2, 0) is 0 Å². The molecule has 2 atom stereocenters. The van der Waals surface area contributed by atoms with Crippen molar-refractivity contribution in [2.24, 2.45) is 5.92 Å². The van der Waals surface area contributed by atoms with Crippen molar-refractivity contribution < 1.29 is 9.90 Å². The maximum Gasteiger partial charge on any atom is 0.318 e. The van der Waals surface area contributed by atoms with Crippen LogP contribution >= 0.6 is 0 Å². The molecule has 2 amide bonds. The zero-order chi connectivity index (χ0) is 16.3. The van der Waals surface area contributed by atoms with Gasteiger partial charge in [-0.25, -0.2) is 4.79 Å². The molecule has 0 radical (unpaired) electrons. The zero-order valence-corrected chi connectivity index (χ0v) is 13.4. The van der Waals surface area contributed by atoms with Gasteiger partial charge in [0.15, 0.2) is 11.5 Å². The third-order valence-corrected chi connectivity index (χ3v) is 3.81. The number of amides is 2. The highest BCUT2D eigenvalue weighted by atomic mass is 16.3.